The van der Waals surface area contributed by atoms with Gasteiger partial charge in [-0.15, -0.1) is 0 Å². The summed E-state index contributed by atoms with van der Waals surface area (Å²) in [4.78, 5) is 13.3. The van der Waals surface area contributed by atoms with Crippen molar-refractivity contribution in [2.45, 2.75) is 6.42 Å². The van der Waals surface area contributed by atoms with Crippen molar-refractivity contribution >= 4 is 11.6 Å². The highest BCUT2D eigenvalue weighted by atomic mass is 16.2. The lowest BCUT2D eigenvalue weighted by atomic mass is 10.0. The van der Waals surface area contributed by atoms with Crippen molar-refractivity contribution in [3.05, 3.63) is 54.1 Å². The van der Waals surface area contributed by atoms with E-state index in [1.807, 2.05) is 25.2 Å². The van der Waals surface area contributed by atoms with Crippen LogP contribution in [0.2, 0.25) is 0 Å². The molecule has 0 saturated carbocycles. The molecule has 1 heterocycles. The van der Waals surface area contributed by atoms with E-state index in [-0.39, 0.29) is 5.91 Å². The molecule has 0 radical (unpaired) electrons. The summed E-state index contributed by atoms with van der Waals surface area (Å²) in [5.74, 6) is 0.171. The highest BCUT2D eigenvalue weighted by molar-refractivity contribution is 6.01. The molecule has 0 saturated heterocycles. The molecule has 0 spiro atoms. The molecule has 0 unspecified atom stereocenters. The Morgan fingerprint density at radius 1 is 1.00 bits per heavy atom. The molecule has 0 aliphatic carbocycles. The summed E-state index contributed by atoms with van der Waals surface area (Å²) in [7, 11) is 1.84. The third-order valence-electron chi connectivity index (χ3n) is 3.27. The molecule has 84 valence electrons. The highest BCUT2D eigenvalue weighted by Gasteiger charge is 2.23. The Morgan fingerprint density at radius 3 is 2.53 bits per heavy atom. The number of carbonyl (C=O) groups is 1. The van der Waals surface area contributed by atoms with Crippen LogP contribution in [0.1, 0.15) is 5.56 Å². The van der Waals surface area contributed by atoms with Crippen LogP contribution in [-0.4, -0.2) is 13.0 Å². The van der Waals surface area contributed by atoms with E-state index >= 15 is 0 Å². The summed E-state index contributed by atoms with van der Waals surface area (Å²) in [5, 5.41) is 0. The number of fused-ring (bicyclic) bond motifs is 1. The lowest BCUT2D eigenvalue weighted by Crippen LogP contribution is -2.20. The van der Waals surface area contributed by atoms with E-state index in [4.69, 9.17) is 0 Å². The topological polar surface area (TPSA) is 20.3 Å². The van der Waals surface area contributed by atoms with E-state index in [2.05, 4.69) is 30.3 Å². The van der Waals surface area contributed by atoms with Gasteiger partial charge in [-0.05, 0) is 22.8 Å². The average Bonchev–Trinajstić information content (AvgIpc) is 2.66. The largest absolute Gasteiger partial charge is 0.315 e. The molecule has 2 nitrogen and oxygen atoms in total. The van der Waals surface area contributed by atoms with Gasteiger partial charge in [0.05, 0.1) is 6.42 Å². The molecule has 0 fully saturated rings. The zero-order valence-electron chi connectivity index (χ0n) is 9.68. The predicted octanol–water partition coefficient (Wildman–Crippen LogP) is 2.87. The van der Waals surface area contributed by atoms with Crippen LogP contribution in [0.15, 0.2) is 48.5 Å². The number of amides is 1. The Morgan fingerprint density at radius 2 is 1.76 bits per heavy atom. The maximum absolute atomic E-state index is 11.6. The predicted molar refractivity (Wildman–Crippen MR) is 69.0 cm³/mol. The number of nitrogens with zero attached hydrogens (tertiary/aromatic N) is 1. The Hall–Kier alpha value is -2.09. The van der Waals surface area contributed by atoms with E-state index in [1.54, 1.807) is 4.90 Å². The fourth-order valence-corrected chi connectivity index (χ4v) is 2.25. The van der Waals surface area contributed by atoms with Crippen LogP contribution in [0.5, 0.6) is 0 Å². The van der Waals surface area contributed by atoms with Gasteiger partial charge >= 0.3 is 0 Å². The van der Waals surface area contributed by atoms with E-state index in [0.717, 1.165) is 16.8 Å². The zero-order valence-corrected chi connectivity index (χ0v) is 9.68. The molecule has 1 aliphatic rings. The first kappa shape index (κ1) is 10.1. The third kappa shape index (κ3) is 1.62. The molecule has 2 aromatic rings. The van der Waals surface area contributed by atoms with Gasteiger partial charge in [-0.2, -0.15) is 0 Å². The van der Waals surface area contributed by atoms with Crippen molar-refractivity contribution in [2.75, 3.05) is 11.9 Å². The normalized spacial score (nSPS) is 13.9. The summed E-state index contributed by atoms with van der Waals surface area (Å²) in [6, 6.07) is 16.5. The Balaban J connectivity index is 2.09. The van der Waals surface area contributed by atoms with Crippen LogP contribution in [0, 0.1) is 0 Å². The Labute approximate surface area is 100 Å². The number of benzene rings is 2. The van der Waals surface area contributed by atoms with Crippen molar-refractivity contribution < 1.29 is 4.79 Å². The Bertz CT molecular complexity index is 575. The summed E-state index contributed by atoms with van der Waals surface area (Å²) >= 11 is 0. The second-order valence-electron chi connectivity index (χ2n) is 4.34. The quantitative estimate of drug-likeness (QED) is 0.728. The van der Waals surface area contributed by atoms with Crippen LogP contribution in [-0.2, 0) is 11.2 Å². The van der Waals surface area contributed by atoms with Gasteiger partial charge in [-0.25, -0.2) is 0 Å². The molecule has 2 heteroatoms. The van der Waals surface area contributed by atoms with Crippen molar-refractivity contribution in [3.8, 4) is 11.1 Å². The lowest BCUT2D eigenvalue weighted by molar-refractivity contribution is -0.117. The molecule has 2 aromatic carbocycles. The van der Waals surface area contributed by atoms with Gasteiger partial charge in [-0.1, -0.05) is 42.5 Å². The van der Waals surface area contributed by atoms with Crippen LogP contribution >= 0.6 is 0 Å². The zero-order chi connectivity index (χ0) is 11.8. The summed E-state index contributed by atoms with van der Waals surface area (Å²) in [6.07, 6.45) is 0.529. The first-order valence-electron chi connectivity index (χ1n) is 5.70. The fraction of sp³-hybridized carbons (Fsp3) is 0.133. The van der Waals surface area contributed by atoms with Gasteiger partial charge in [0.2, 0.25) is 5.91 Å². The first-order chi connectivity index (χ1) is 8.25. The van der Waals surface area contributed by atoms with E-state index < -0.39 is 0 Å². The average molecular weight is 223 g/mol. The molecule has 1 amide bonds. The van der Waals surface area contributed by atoms with Gasteiger partial charge in [0.15, 0.2) is 0 Å². The van der Waals surface area contributed by atoms with Gasteiger partial charge in [0.25, 0.3) is 0 Å². The SMILES string of the molecule is CN1C(=O)Cc2ccc(-c3ccccc3)cc21. The Kier molecular flexibility index (Phi) is 2.22. The van der Waals surface area contributed by atoms with Gasteiger partial charge in [0, 0.05) is 12.7 Å². The smallest absolute Gasteiger partial charge is 0.231 e. The van der Waals surface area contributed by atoms with E-state index in [9.17, 15) is 4.79 Å². The maximum Gasteiger partial charge on any atom is 0.231 e. The molecule has 0 aromatic heterocycles. The number of carbonyl (C=O) groups excluding carboxylic acids is 1. The lowest BCUT2D eigenvalue weighted by Gasteiger charge is -2.11. The third-order valence-corrected chi connectivity index (χ3v) is 3.27. The number of hydrogen-bond acceptors (Lipinski definition) is 1. The van der Waals surface area contributed by atoms with Crippen LogP contribution in [0.3, 0.4) is 0 Å². The second kappa shape index (κ2) is 3.74. The minimum absolute atomic E-state index is 0.171. The number of hydrogen-bond donors (Lipinski definition) is 0. The monoisotopic (exact) mass is 223 g/mol. The van der Waals surface area contributed by atoms with Crippen molar-refractivity contribution in [1.82, 2.24) is 0 Å². The summed E-state index contributed by atoms with van der Waals surface area (Å²) in [6.45, 7) is 0. The molecule has 3 rings (SSSR count). The maximum atomic E-state index is 11.6. The summed E-state index contributed by atoms with van der Waals surface area (Å²) in [5.41, 5.74) is 4.50. The van der Waals surface area contributed by atoms with Crippen LogP contribution in [0.4, 0.5) is 5.69 Å². The van der Waals surface area contributed by atoms with Crippen molar-refractivity contribution in [3.63, 3.8) is 0 Å². The minimum Gasteiger partial charge on any atom is -0.315 e. The van der Waals surface area contributed by atoms with Crippen molar-refractivity contribution in [2.24, 2.45) is 0 Å². The van der Waals surface area contributed by atoms with Crippen LogP contribution in [0.25, 0.3) is 11.1 Å². The molecule has 1 aliphatic heterocycles. The molecule has 0 bridgehead atoms. The first-order valence-corrected chi connectivity index (χ1v) is 5.70. The molecule has 0 N–H and O–H groups in total. The minimum atomic E-state index is 0.171. The molecule has 17 heavy (non-hydrogen) atoms. The van der Waals surface area contributed by atoms with E-state index in [0.29, 0.717) is 6.42 Å². The number of likely N-dealkylation sites (N-methyl/N-ethyl adjacent to an activating group) is 1. The number of anilines is 1. The second-order valence-corrected chi connectivity index (χ2v) is 4.34. The fourth-order valence-electron chi connectivity index (χ4n) is 2.25. The number of rotatable bonds is 1. The van der Waals surface area contributed by atoms with Crippen molar-refractivity contribution in [1.29, 1.82) is 0 Å². The standard InChI is InChI=1S/C15H13NO/c1-16-14-9-12(11-5-3-2-4-6-11)7-8-13(14)10-15(16)17/h2-9H,10H2,1H3. The molecular formula is C15H13NO. The molecule has 0 atom stereocenters. The van der Waals surface area contributed by atoms with E-state index in [1.165, 1.54) is 5.56 Å². The van der Waals surface area contributed by atoms with Gasteiger partial charge in [0.1, 0.15) is 0 Å². The highest BCUT2D eigenvalue weighted by Crippen LogP contribution is 2.32. The van der Waals surface area contributed by atoms with Gasteiger partial charge < -0.3 is 4.90 Å². The van der Waals surface area contributed by atoms with Crippen LogP contribution < -0.4 is 4.90 Å². The van der Waals surface area contributed by atoms with Gasteiger partial charge in [-0.3, -0.25) is 4.79 Å². The molecular weight excluding hydrogens is 210 g/mol. The summed E-state index contributed by atoms with van der Waals surface area (Å²) < 4.78 is 0.